The van der Waals surface area contributed by atoms with E-state index in [1.54, 1.807) is 7.11 Å². The van der Waals surface area contributed by atoms with E-state index in [0.717, 1.165) is 25.3 Å². The van der Waals surface area contributed by atoms with Gasteiger partial charge in [0.05, 0.1) is 7.11 Å². The lowest BCUT2D eigenvalue weighted by Gasteiger charge is -2.21. The molecule has 1 aliphatic rings. The maximum atomic E-state index is 5.83. The molecule has 1 unspecified atom stereocenters. The fraction of sp³-hybridized carbons (Fsp3) is 0.500. The van der Waals surface area contributed by atoms with Gasteiger partial charge in [0.25, 0.3) is 0 Å². The van der Waals surface area contributed by atoms with Gasteiger partial charge < -0.3 is 15.4 Å². The number of nitrogens with zero attached hydrogens (tertiary/aromatic N) is 1. The molecule has 82 valence electrons. The summed E-state index contributed by atoms with van der Waals surface area (Å²) in [6.45, 7) is 4.03. The molecule has 1 aromatic rings. The largest absolute Gasteiger partial charge is 0.497 e. The van der Waals surface area contributed by atoms with Crippen LogP contribution in [0.3, 0.4) is 0 Å². The molecule has 0 saturated carbocycles. The Balaban J connectivity index is 2.23. The van der Waals surface area contributed by atoms with Crippen LogP contribution in [0.1, 0.15) is 12.5 Å². The van der Waals surface area contributed by atoms with Crippen molar-refractivity contribution >= 4 is 5.69 Å². The van der Waals surface area contributed by atoms with E-state index in [-0.39, 0.29) is 6.04 Å². The zero-order chi connectivity index (χ0) is 10.8. The van der Waals surface area contributed by atoms with E-state index in [9.17, 15) is 0 Å². The normalized spacial score (nSPS) is 16.3. The maximum absolute atomic E-state index is 5.83. The molecule has 2 rings (SSSR count). The molecule has 3 nitrogen and oxygen atoms in total. The summed E-state index contributed by atoms with van der Waals surface area (Å²) in [7, 11) is 1.70. The second-order valence-electron chi connectivity index (χ2n) is 4.17. The molecule has 0 aromatic heterocycles. The maximum Gasteiger partial charge on any atom is 0.120 e. The minimum atomic E-state index is 0.210. The Morgan fingerprint density at radius 1 is 1.53 bits per heavy atom. The Labute approximate surface area is 90.8 Å². The van der Waals surface area contributed by atoms with Crippen molar-refractivity contribution in [2.45, 2.75) is 19.4 Å². The molecule has 1 heterocycles. The topological polar surface area (TPSA) is 38.5 Å². The van der Waals surface area contributed by atoms with Gasteiger partial charge in [0, 0.05) is 30.9 Å². The molecule has 2 N–H and O–H groups in total. The molecular formula is C12H18N2O. The van der Waals surface area contributed by atoms with E-state index < -0.39 is 0 Å². The summed E-state index contributed by atoms with van der Waals surface area (Å²) in [6, 6.07) is 6.48. The van der Waals surface area contributed by atoms with Crippen molar-refractivity contribution in [1.82, 2.24) is 0 Å². The zero-order valence-corrected chi connectivity index (χ0v) is 9.36. The average Bonchev–Trinajstić information content (AvgIpc) is 2.60. The number of nitrogens with two attached hydrogens (primary N) is 1. The standard InChI is InChI=1S/C12H18N2O/c1-9(13)8-14-6-5-10-3-4-11(15-2)7-12(10)14/h3-4,7,9H,5-6,8,13H2,1-2H3. The Hall–Kier alpha value is -1.22. The number of anilines is 1. The fourth-order valence-electron chi connectivity index (χ4n) is 2.09. The SMILES string of the molecule is COc1ccc2c(c1)N(CC(C)N)CC2. The third kappa shape index (κ3) is 2.07. The van der Waals surface area contributed by atoms with Crippen molar-refractivity contribution in [3.8, 4) is 5.75 Å². The number of fused-ring (bicyclic) bond motifs is 1. The summed E-state index contributed by atoms with van der Waals surface area (Å²) in [6.07, 6.45) is 1.12. The van der Waals surface area contributed by atoms with Gasteiger partial charge in [-0.05, 0) is 25.0 Å². The summed E-state index contributed by atoms with van der Waals surface area (Å²) in [5.74, 6) is 0.922. The van der Waals surface area contributed by atoms with E-state index in [1.165, 1.54) is 11.3 Å². The van der Waals surface area contributed by atoms with Crippen LogP contribution in [0.5, 0.6) is 5.75 Å². The van der Waals surface area contributed by atoms with Crippen LogP contribution >= 0.6 is 0 Å². The molecule has 0 amide bonds. The lowest BCUT2D eigenvalue weighted by molar-refractivity contribution is 0.415. The van der Waals surface area contributed by atoms with Crippen molar-refractivity contribution in [2.24, 2.45) is 5.73 Å². The zero-order valence-electron chi connectivity index (χ0n) is 9.36. The second-order valence-corrected chi connectivity index (χ2v) is 4.17. The summed E-state index contributed by atoms with van der Waals surface area (Å²) >= 11 is 0. The highest BCUT2D eigenvalue weighted by molar-refractivity contribution is 5.61. The predicted molar refractivity (Wildman–Crippen MR) is 62.6 cm³/mol. The summed E-state index contributed by atoms with van der Waals surface area (Å²) in [5, 5.41) is 0. The van der Waals surface area contributed by atoms with Gasteiger partial charge >= 0.3 is 0 Å². The molecule has 0 fully saturated rings. The van der Waals surface area contributed by atoms with Crippen LogP contribution in [0, 0.1) is 0 Å². The molecule has 15 heavy (non-hydrogen) atoms. The average molecular weight is 206 g/mol. The molecule has 1 atom stereocenters. The van der Waals surface area contributed by atoms with Gasteiger partial charge in [-0.1, -0.05) is 6.07 Å². The first-order valence-corrected chi connectivity index (χ1v) is 5.38. The highest BCUT2D eigenvalue weighted by Crippen LogP contribution is 2.31. The van der Waals surface area contributed by atoms with Crippen molar-refractivity contribution < 1.29 is 4.74 Å². The summed E-state index contributed by atoms with van der Waals surface area (Å²) < 4.78 is 5.23. The van der Waals surface area contributed by atoms with E-state index in [0.29, 0.717) is 0 Å². The van der Waals surface area contributed by atoms with E-state index in [4.69, 9.17) is 10.5 Å². The lowest BCUT2D eigenvalue weighted by atomic mass is 10.1. The number of rotatable bonds is 3. The molecular weight excluding hydrogens is 188 g/mol. The highest BCUT2D eigenvalue weighted by Gasteiger charge is 2.19. The van der Waals surface area contributed by atoms with Gasteiger partial charge in [-0.25, -0.2) is 0 Å². The van der Waals surface area contributed by atoms with Crippen LogP contribution in [-0.2, 0) is 6.42 Å². The van der Waals surface area contributed by atoms with Gasteiger partial charge in [-0.15, -0.1) is 0 Å². The predicted octanol–water partition coefficient (Wildman–Crippen LogP) is 1.40. The number of benzene rings is 1. The number of methoxy groups -OCH3 is 1. The molecule has 0 radical (unpaired) electrons. The van der Waals surface area contributed by atoms with Gasteiger partial charge in [0.2, 0.25) is 0 Å². The third-order valence-electron chi connectivity index (χ3n) is 2.79. The van der Waals surface area contributed by atoms with Crippen LogP contribution in [0.4, 0.5) is 5.69 Å². The Morgan fingerprint density at radius 2 is 2.33 bits per heavy atom. The van der Waals surface area contributed by atoms with Crippen molar-refractivity contribution in [2.75, 3.05) is 25.1 Å². The van der Waals surface area contributed by atoms with Gasteiger partial charge in [0.1, 0.15) is 5.75 Å². The fourth-order valence-corrected chi connectivity index (χ4v) is 2.09. The summed E-state index contributed by atoms with van der Waals surface area (Å²) in [5.41, 5.74) is 8.51. The minimum absolute atomic E-state index is 0.210. The minimum Gasteiger partial charge on any atom is -0.497 e. The number of ether oxygens (including phenoxy) is 1. The van der Waals surface area contributed by atoms with Crippen molar-refractivity contribution in [3.63, 3.8) is 0 Å². The summed E-state index contributed by atoms with van der Waals surface area (Å²) in [4.78, 5) is 2.34. The van der Waals surface area contributed by atoms with E-state index >= 15 is 0 Å². The second kappa shape index (κ2) is 4.11. The molecule has 0 aliphatic carbocycles. The number of hydrogen-bond acceptors (Lipinski definition) is 3. The van der Waals surface area contributed by atoms with Gasteiger partial charge in [-0.2, -0.15) is 0 Å². The monoisotopic (exact) mass is 206 g/mol. The van der Waals surface area contributed by atoms with Crippen LogP contribution in [-0.4, -0.2) is 26.2 Å². The van der Waals surface area contributed by atoms with Gasteiger partial charge in [-0.3, -0.25) is 0 Å². The van der Waals surface area contributed by atoms with E-state index in [1.807, 2.05) is 13.0 Å². The molecule has 0 spiro atoms. The molecule has 0 saturated heterocycles. The first-order valence-electron chi connectivity index (χ1n) is 5.38. The smallest absolute Gasteiger partial charge is 0.120 e. The number of hydrogen-bond donors (Lipinski definition) is 1. The van der Waals surface area contributed by atoms with Crippen LogP contribution in [0.25, 0.3) is 0 Å². The van der Waals surface area contributed by atoms with Crippen molar-refractivity contribution in [3.05, 3.63) is 23.8 Å². The third-order valence-corrected chi connectivity index (χ3v) is 2.79. The van der Waals surface area contributed by atoms with E-state index in [2.05, 4.69) is 17.0 Å². The van der Waals surface area contributed by atoms with Crippen LogP contribution < -0.4 is 15.4 Å². The first-order chi connectivity index (χ1) is 7.20. The quantitative estimate of drug-likeness (QED) is 0.812. The Morgan fingerprint density at radius 3 is 3.00 bits per heavy atom. The van der Waals surface area contributed by atoms with Crippen LogP contribution in [0.2, 0.25) is 0 Å². The van der Waals surface area contributed by atoms with Crippen molar-refractivity contribution in [1.29, 1.82) is 0 Å². The molecule has 3 heteroatoms. The first kappa shape index (κ1) is 10.3. The molecule has 0 bridgehead atoms. The van der Waals surface area contributed by atoms with Crippen LogP contribution in [0.15, 0.2) is 18.2 Å². The lowest BCUT2D eigenvalue weighted by Crippen LogP contribution is -2.34. The highest BCUT2D eigenvalue weighted by atomic mass is 16.5. The molecule has 1 aromatic carbocycles. The molecule has 1 aliphatic heterocycles. The van der Waals surface area contributed by atoms with Gasteiger partial charge in [0.15, 0.2) is 0 Å². The Bertz CT molecular complexity index is 349. The Kier molecular flexibility index (Phi) is 2.82.